The first-order valence-corrected chi connectivity index (χ1v) is 8.83. The minimum Gasteiger partial charge on any atom is -0.385 e. The van der Waals surface area contributed by atoms with Gasteiger partial charge >= 0.3 is 0 Å². The van der Waals surface area contributed by atoms with Crippen LogP contribution in [0, 0.1) is 11.3 Å². The van der Waals surface area contributed by atoms with Crippen LogP contribution in [0.2, 0.25) is 0 Å². The van der Waals surface area contributed by atoms with Gasteiger partial charge < -0.3 is 5.73 Å². The molecule has 0 aromatic heterocycles. The van der Waals surface area contributed by atoms with E-state index in [0.29, 0.717) is 0 Å². The Balaban J connectivity index is 1.97. The van der Waals surface area contributed by atoms with Gasteiger partial charge in [-0.05, 0) is 11.1 Å². The molecule has 0 bridgehead atoms. The van der Waals surface area contributed by atoms with Crippen LogP contribution in [-0.2, 0) is 9.59 Å². The van der Waals surface area contributed by atoms with Crippen molar-refractivity contribution in [1.29, 1.82) is 0 Å². The molecule has 4 atom stereocenters. The van der Waals surface area contributed by atoms with Crippen molar-refractivity contribution >= 4 is 17.5 Å². The van der Waals surface area contributed by atoms with E-state index in [2.05, 4.69) is 10.5 Å². The molecule has 1 amide bonds. The Hall–Kier alpha value is -2.95. The van der Waals surface area contributed by atoms with Gasteiger partial charge in [0, 0.05) is 24.2 Å². The van der Waals surface area contributed by atoms with Gasteiger partial charge in [-0.2, -0.15) is 5.10 Å². The van der Waals surface area contributed by atoms with E-state index in [1.54, 1.807) is 0 Å². The fourth-order valence-corrected chi connectivity index (χ4v) is 4.67. The number of nitrogens with zero attached hydrogens (tertiary/aromatic N) is 1. The fourth-order valence-electron chi connectivity index (χ4n) is 4.67. The third-order valence-electron chi connectivity index (χ3n) is 5.89. The molecule has 1 spiro atoms. The van der Waals surface area contributed by atoms with Crippen LogP contribution >= 0.6 is 0 Å². The molecular formula is C21H21N3O2. The van der Waals surface area contributed by atoms with Crippen LogP contribution in [0.3, 0.4) is 0 Å². The Morgan fingerprint density at radius 1 is 1.00 bits per heavy atom. The van der Waals surface area contributed by atoms with Crippen LogP contribution in [0.1, 0.15) is 36.3 Å². The third-order valence-corrected chi connectivity index (χ3v) is 5.89. The van der Waals surface area contributed by atoms with Crippen molar-refractivity contribution in [2.45, 2.75) is 25.2 Å². The first kappa shape index (κ1) is 16.5. The van der Waals surface area contributed by atoms with E-state index in [-0.39, 0.29) is 41.7 Å². The molecule has 5 heteroatoms. The Morgan fingerprint density at radius 2 is 1.58 bits per heavy atom. The summed E-state index contributed by atoms with van der Waals surface area (Å²) in [5, 5.41) is 4.09. The number of hydrogen-bond acceptors (Lipinski definition) is 4. The number of amides is 1. The van der Waals surface area contributed by atoms with Crippen LogP contribution < -0.4 is 11.2 Å². The molecule has 1 aliphatic carbocycles. The number of hydrogen-bond donors (Lipinski definition) is 2. The second-order valence-corrected chi connectivity index (χ2v) is 7.12. The minimum absolute atomic E-state index is 0.144. The average molecular weight is 347 g/mol. The maximum atomic E-state index is 13.2. The lowest BCUT2D eigenvalue weighted by Crippen LogP contribution is -2.56. The number of amidine groups is 1. The predicted octanol–water partition coefficient (Wildman–Crippen LogP) is 2.55. The number of ketones is 1. The SMILES string of the molecule is CC1C(=O)CC(c2ccccc2)C2(C(=O)NN=C2N)C1c1ccccc1. The second-order valence-electron chi connectivity index (χ2n) is 7.12. The van der Waals surface area contributed by atoms with E-state index in [1.807, 2.05) is 67.6 Å². The monoisotopic (exact) mass is 347 g/mol. The summed E-state index contributed by atoms with van der Waals surface area (Å²) in [5.41, 5.74) is 9.74. The van der Waals surface area contributed by atoms with Crippen molar-refractivity contribution in [1.82, 2.24) is 5.43 Å². The maximum Gasteiger partial charge on any atom is 0.255 e. The molecule has 1 fully saturated rings. The van der Waals surface area contributed by atoms with Gasteiger partial charge in [0.15, 0.2) is 0 Å². The molecule has 2 aliphatic rings. The summed E-state index contributed by atoms with van der Waals surface area (Å²) in [6, 6.07) is 19.4. The van der Waals surface area contributed by atoms with Crippen molar-refractivity contribution in [2.75, 3.05) is 0 Å². The maximum absolute atomic E-state index is 13.2. The Kier molecular flexibility index (Phi) is 3.87. The van der Waals surface area contributed by atoms with Crippen LogP contribution in [-0.4, -0.2) is 17.5 Å². The molecule has 2 aromatic carbocycles. The van der Waals surface area contributed by atoms with E-state index in [0.717, 1.165) is 11.1 Å². The van der Waals surface area contributed by atoms with Gasteiger partial charge in [0.25, 0.3) is 5.91 Å². The van der Waals surface area contributed by atoms with Gasteiger partial charge in [0.05, 0.1) is 0 Å². The van der Waals surface area contributed by atoms with E-state index >= 15 is 0 Å². The van der Waals surface area contributed by atoms with E-state index < -0.39 is 5.41 Å². The molecule has 4 unspecified atom stereocenters. The molecule has 2 aromatic rings. The van der Waals surface area contributed by atoms with Crippen LogP contribution in [0.5, 0.6) is 0 Å². The smallest absolute Gasteiger partial charge is 0.255 e. The van der Waals surface area contributed by atoms with Gasteiger partial charge in [0.1, 0.15) is 17.0 Å². The van der Waals surface area contributed by atoms with Gasteiger partial charge in [-0.3, -0.25) is 9.59 Å². The summed E-state index contributed by atoms with van der Waals surface area (Å²) in [7, 11) is 0. The predicted molar refractivity (Wildman–Crippen MR) is 99.4 cm³/mol. The summed E-state index contributed by atoms with van der Waals surface area (Å²) < 4.78 is 0. The largest absolute Gasteiger partial charge is 0.385 e. The molecule has 5 nitrogen and oxygen atoms in total. The van der Waals surface area contributed by atoms with Gasteiger partial charge in [-0.1, -0.05) is 67.6 Å². The van der Waals surface area contributed by atoms with Crippen LogP contribution in [0.25, 0.3) is 0 Å². The highest BCUT2D eigenvalue weighted by Gasteiger charge is 2.63. The van der Waals surface area contributed by atoms with Crippen molar-refractivity contribution in [3.8, 4) is 0 Å². The standard InChI is InChI=1S/C21H21N3O2/c1-13-17(25)12-16(14-8-4-2-5-9-14)21(19(22)23-24-20(21)26)18(13)15-10-6-3-7-11-15/h2-11,13,16,18H,12H2,1H3,(H2,22,23)(H,24,26). The molecule has 1 saturated carbocycles. The molecule has 132 valence electrons. The zero-order chi connectivity index (χ0) is 18.3. The fraction of sp³-hybridized carbons (Fsp3) is 0.286. The number of Topliss-reactive ketones (excluding diaryl/α,β-unsaturated/α-hetero) is 1. The van der Waals surface area contributed by atoms with Crippen LogP contribution in [0.15, 0.2) is 65.8 Å². The number of rotatable bonds is 2. The van der Waals surface area contributed by atoms with Crippen LogP contribution in [0.4, 0.5) is 0 Å². The summed E-state index contributed by atoms with van der Waals surface area (Å²) in [6.45, 7) is 1.89. The third kappa shape index (κ3) is 2.20. The summed E-state index contributed by atoms with van der Waals surface area (Å²) in [6.07, 6.45) is 0.276. The number of nitrogens with one attached hydrogen (secondary N) is 1. The van der Waals surface area contributed by atoms with Crippen molar-refractivity contribution in [3.63, 3.8) is 0 Å². The summed E-state index contributed by atoms with van der Waals surface area (Å²) in [4.78, 5) is 26.1. The molecule has 3 N–H and O–H groups in total. The van der Waals surface area contributed by atoms with E-state index in [4.69, 9.17) is 5.73 Å². The number of benzene rings is 2. The van der Waals surface area contributed by atoms with Crippen molar-refractivity contribution < 1.29 is 9.59 Å². The Labute approximate surface area is 152 Å². The lowest BCUT2D eigenvalue weighted by Gasteiger charge is -2.47. The molecule has 0 radical (unpaired) electrons. The lowest BCUT2D eigenvalue weighted by atomic mass is 9.52. The van der Waals surface area contributed by atoms with Crippen molar-refractivity contribution in [3.05, 3.63) is 71.8 Å². The zero-order valence-corrected chi connectivity index (χ0v) is 14.6. The van der Waals surface area contributed by atoms with Gasteiger partial charge in [0.2, 0.25) is 0 Å². The highest BCUT2D eigenvalue weighted by Crippen LogP contribution is 2.57. The Morgan fingerprint density at radius 3 is 2.12 bits per heavy atom. The highest BCUT2D eigenvalue weighted by atomic mass is 16.2. The lowest BCUT2D eigenvalue weighted by molar-refractivity contribution is -0.136. The van der Waals surface area contributed by atoms with Gasteiger partial charge in [-0.25, -0.2) is 5.43 Å². The minimum atomic E-state index is -1.06. The molecular weight excluding hydrogens is 326 g/mol. The normalized spacial score (nSPS) is 31.0. The highest BCUT2D eigenvalue weighted by molar-refractivity contribution is 6.14. The molecule has 1 heterocycles. The number of carbonyl (C=O) groups excluding carboxylic acids is 2. The average Bonchev–Trinajstić information content (AvgIpc) is 2.96. The van der Waals surface area contributed by atoms with Gasteiger partial charge in [-0.15, -0.1) is 0 Å². The first-order valence-electron chi connectivity index (χ1n) is 8.83. The molecule has 1 aliphatic heterocycles. The first-order chi connectivity index (χ1) is 12.6. The quantitative estimate of drug-likeness (QED) is 0.875. The number of carbonyl (C=O) groups is 2. The molecule has 4 rings (SSSR count). The zero-order valence-electron chi connectivity index (χ0n) is 14.6. The number of hydrazone groups is 1. The summed E-state index contributed by atoms with van der Waals surface area (Å²) in [5.74, 6) is -0.840. The Bertz CT molecular complexity index is 879. The van der Waals surface area contributed by atoms with E-state index in [1.165, 1.54) is 0 Å². The summed E-state index contributed by atoms with van der Waals surface area (Å²) >= 11 is 0. The topological polar surface area (TPSA) is 84.5 Å². The van der Waals surface area contributed by atoms with Crippen molar-refractivity contribution in [2.24, 2.45) is 22.2 Å². The molecule has 0 saturated heterocycles. The molecule has 26 heavy (non-hydrogen) atoms. The second kappa shape index (κ2) is 6.09. The van der Waals surface area contributed by atoms with E-state index in [9.17, 15) is 9.59 Å². The number of nitrogens with two attached hydrogens (primary N) is 1.